The smallest absolute Gasteiger partial charge is 0.407 e. The summed E-state index contributed by atoms with van der Waals surface area (Å²) in [6, 6.07) is 0. The first-order valence-corrected chi connectivity index (χ1v) is 11.9. The Labute approximate surface area is 169 Å². The molecule has 6 aliphatic rings. The van der Waals surface area contributed by atoms with E-state index in [1.807, 2.05) is 6.92 Å². The SMILES string of the molecule is C[C@@]1(O)CC[C@@]23COC(=O)NCC4CCC45C[C@H]4[C@H](CC[C@H]2C1)[C@@H]3CC[C@@]45C. The monoisotopic (exact) mass is 387 g/mol. The molecular formula is C24H37NO3. The van der Waals surface area contributed by atoms with Gasteiger partial charge >= 0.3 is 6.09 Å². The topological polar surface area (TPSA) is 58.6 Å². The predicted octanol–water partition coefficient (Wildman–Crippen LogP) is 4.51. The highest BCUT2D eigenvalue weighted by Crippen LogP contribution is 2.79. The van der Waals surface area contributed by atoms with Crippen molar-refractivity contribution >= 4 is 6.09 Å². The molecule has 6 fully saturated rings. The van der Waals surface area contributed by atoms with Crippen LogP contribution in [0.25, 0.3) is 0 Å². The number of aliphatic hydroxyl groups is 1. The van der Waals surface area contributed by atoms with Crippen LogP contribution in [0.15, 0.2) is 0 Å². The highest BCUT2D eigenvalue weighted by molar-refractivity contribution is 5.67. The summed E-state index contributed by atoms with van der Waals surface area (Å²) in [5.74, 6) is 3.54. The van der Waals surface area contributed by atoms with Crippen molar-refractivity contribution in [1.82, 2.24) is 5.32 Å². The van der Waals surface area contributed by atoms with Gasteiger partial charge in [-0.05, 0) is 112 Å². The van der Waals surface area contributed by atoms with Gasteiger partial charge in [-0.3, -0.25) is 0 Å². The van der Waals surface area contributed by atoms with Gasteiger partial charge in [0.15, 0.2) is 0 Å². The third kappa shape index (κ3) is 2.04. The molecule has 28 heavy (non-hydrogen) atoms. The molecule has 1 amide bonds. The molecule has 1 saturated heterocycles. The Kier molecular flexibility index (Phi) is 3.53. The molecule has 4 heteroatoms. The van der Waals surface area contributed by atoms with E-state index in [4.69, 9.17) is 4.74 Å². The van der Waals surface area contributed by atoms with Gasteiger partial charge in [0.2, 0.25) is 0 Å². The Hall–Kier alpha value is -0.770. The van der Waals surface area contributed by atoms with Crippen LogP contribution >= 0.6 is 0 Å². The highest BCUT2D eigenvalue weighted by atomic mass is 16.5. The fourth-order valence-corrected chi connectivity index (χ4v) is 9.80. The van der Waals surface area contributed by atoms with Crippen LogP contribution in [-0.2, 0) is 4.74 Å². The van der Waals surface area contributed by atoms with Crippen molar-refractivity contribution in [2.75, 3.05) is 13.2 Å². The highest BCUT2D eigenvalue weighted by Gasteiger charge is 2.73. The van der Waals surface area contributed by atoms with Crippen LogP contribution in [-0.4, -0.2) is 30.0 Å². The molecule has 0 radical (unpaired) electrons. The van der Waals surface area contributed by atoms with Gasteiger partial charge in [0.1, 0.15) is 0 Å². The molecule has 0 aromatic heterocycles. The van der Waals surface area contributed by atoms with E-state index in [1.54, 1.807) is 0 Å². The van der Waals surface area contributed by atoms with E-state index in [2.05, 4.69) is 12.2 Å². The molecule has 5 aliphatic carbocycles. The Bertz CT molecular complexity index is 706. The van der Waals surface area contributed by atoms with Crippen molar-refractivity contribution in [3.63, 3.8) is 0 Å². The van der Waals surface area contributed by atoms with Crippen LogP contribution in [0.3, 0.4) is 0 Å². The number of nitrogens with one attached hydrogen (secondary N) is 1. The van der Waals surface area contributed by atoms with E-state index in [-0.39, 0.29) is 11.5 Å². The summed E-state index contributed by atoms with van der Waals surface area (Å²) < 4.78 is 5.93. The third-order valence-electron chi connectivity index (χ3n) is 11.4. The number of carbonyl (C=O) groups excluding carboxylic acids is 1. The molecule has 9 atom stereocenters. The summed E-state index contributed by atoms with van der Waals surface area (Å²) in [6.45, 7) is 6.00. The van der Waals surface area contributed by atoms with Gasteiger partial charge in [0.05, 0.1) is 12.2 Å². The summed E-state index contributed by atoms with van der Waals surface area (Å²) in [7, 11) is 0. The first-order chi connectivity index (χ1) is 13.3. The van der Waals surface area contributed by atoms with Gasteiger partial charge in [0, 0.05) is 12.0 Å². The average molecular weight is 388 g/mol. The van der Waals surface area contributed by atoms with Gasteiger partial charge in [-0.25, -0.2) is 4.79 Å². The zero-order valence-electron chi connectivity index (χ0n) is 17.6. The lowest BCUT2D eigenvalue weighted by Gasteiger charge is -2.77. The molecule has 2 spiro atoms. The molecule has 5 saturated carbocycles. The van der Waals surface area contributed by atoms with Crippen LogP contribution in [0, 0.1) is 45.8 Å². The number of rotatable bonds is 0. The average Bonchev–Trinajstić information content (AvgIpc) is 2.62. The van der Waals surface area contributed by atoms with Crippen molar-refractivity contribution in [2.24, 2.45) is 45.8 Å². The van der Waals surface area contributed by atoms with E-state index in [0.717, 1.165) is 37.6 Å². The van der Waals surface area contributed by atoms with E-state index >= 15 is 0 Å². The van der Waals surface area contributed by atoms with Gasteiger partial charge in [0.25, 0.3) is 0 Å². The fourth-order valence-electron chi connectivity index (χ4n) is 9.80. The second-order valence-electron chi connectivity index (χ2n) is 12.1. The second kappa shape index (κ2) is 5.47. The number of hydrogen-bond acceptors (Lipinski definition) is 3. The minimum Gasteiger partial charge on any atom is -0.449 e. The minimum absolute atomic E-state index is 0.102. The maximum absolute atomic E-state index is 12.6. The van der Waals surface area contributed by atoms with Crippen LogP contribution in [0.5, 0.6) is 0 Å². The predicted molar refractivity (Wildman–Crippen MR) is 107 cm³/mol. The number of alkyl carbamates (subject to hydrolysis) is 1. The summed E-state index contributed by atoms with van der Waals surface area (Å²) in [5, 5.41) is 13.9. The largest absolute Gasteiger partial charge is 0.449 e. The molecule has 2 unspecified atom stereocenters. The molecular weight excluding hydrogens is 350 g/mol. The first kappa shape index (κ1) is 18.0. The summed E-state index contributed by atoms with van der Waals surface area (Å²) in [4.78, 5) is 12.6. The molecule has 0 aromatic carbocycles. The summed E-state index contributed by atoms with van der Waals surface area (Å²) in [5.41, 5.74) is 0.549. The fraction of sp³-hybridized carbons (Fsp3) is 0.958. The summed E-state index contributed by atoms with van der Waals surface area (Å²) >= 11 is 0. The molecule has 0 aromatic rings. The lowest BCUT2D eigenvalue weighted by molar-refractivity contribution is -0.288. The van der Waals surface area contributed by atoms with Gasteiger partial charge in [-0.15, -0.1) is 0 Å². The van der Waals surface area contributed by atoms with Crippen LogP contribution < -0.4 is 5.32 Å². The van der Waals surface area contributed by atoms with E-state index < -0.39 is 5.60 Å². The number of ether oxygens (including phenoxy) is 1. The van der Waals surface area contributed by atoms with Crippen molar-refractivity contribution in [3.8, 4) is 0 Å². The van der Waals surface area contributed by atoms with Crippen molar-refractivity contribution in [3.05, 3.63) is 0 Å². The van der Waals surface area contributed by atoms with Crippen molar-refractivity contribution in [2.45, 2.75) is 83.7 Å². The number of amides is 1. The third-order valence-corrected chi connectivity index (χ3v) is 11.4. The second-order valence-corrected chi connectivity index (χ2v) is 12.1. The lowest BCUT2D eigenvalue weighted by Crippen LogP contribution is -2.72. The molecule has 156 valence electrons. The summed E-state index contributed by atoms with van der Waals surface area (Å²) in [6.07, 6.45) is 11.8. The standard InChI is InChI=1S/C24H37NO3/c1-21(27)9-10-23-14-28-20(26)25-13-16-5-8-24(16)12-19-17(4-3-15(23)11-21)18(23)6-7-22(19,24)2/h15-19,27H,3-14H2,1-2H3,(H,25,26)/t15-,16?,17+,18-,19-,21+,22-,23+,24?/m0/s1. The minimum atomic E-state index is -0.544. The number of cyclic esters (lactones) is 1. The zero-order valence-corrected chi connectivity index (χ0v) is 17.6. The maximum Gasteiger partial charge on any atom is 0.407 e. The van der Waals surface area contributed by atoms with Crippen LogP contribution in [0.1, 0.15) is 78.1 Å². The zero-order chi connectivity index (χ0) is 19.4. The van der Waals surface area contributed by atoms with Gasteiger partial charge < -0.3 is 15.2 Å². The molecule has 1 aliphatic heterocycles. The van der Waals surface area contributed by atoms with E-state index in [9.17, 15) is 9.90 Å². The normalized spacial score (nSPS) is 59.8. The quantitative estimate of drug-likeness (QED) is 0.643. The molecule has 6 rings (SSSR count). The number of hydrogen-bond donors (Lipinski definition) is 2. The molecule has 4 nitrogen and oxygen atoms in total. The van der Waals surface area contributed by atoms with E-state index in [0.29, 0.717) is 35.2 Å². The molecule has 2 N–H and O–H groups in total. The molecule has 5 bridgehead atoms. The lowest BCUT2D eigenvalue weighted by atomic mass is 9.28. The Balaban J connectivity index is 1.40. The van der Waals surface area contributed by atoms with Gasteiger partial charge in [-0.1, -0.05) is 6.92 Å². The first-order valence-electron chi connectivity index (χ1n) is 11.9. The van der Waals surface area contributed by atoms with Gasteiger partial charge in [-0.2, -0.15) is 0 Å². The van der Waals surface area contributed by atoms with Crippen LogP contribution in [0.2, 0.25) is 0 Å². The Morgan fingerprint density at radius 3 is 2.61 bits per heavy atom. The van der Waals surface area contributed by atoms with Crippen molar-refractivity contribution < 1.29 is 14.6 Å². The maximum atomic E-state index is 12.6. The van der Waals surface area contributed by atoms with Crippen LogP contribution in [0.4, 0.5) is 4.79 Å². The van der Waals surface area contributed by atoms with E-state index in [1.165, 1.54) is 44.9 Å². The molecule has 1 heterocycles. The Morgan fingerprint density at radius 2 is 1.82 bits per heavy atom. The number of carbonyl (C=O) groups is 1. The Morgan fingerprint density at radius 1 is 0.964 bits per heavy atom. The van der Waals surface area contributed by atoms with Crippen molar-refractivity contribution in [1.29, 1.82) is 0 Å².